The first kappa shape index (κ1) is 28.1. The van der Waals surface area contributed by atoms with Gasteiger partial charge in [-0.25, -0.2) is 28.8 Å². The number of carbonyl (C=O) groups excluding carboxylic acids is 1. The quantitative estimate of drug-likeness (QED) is 0.280. The lowest BCUT2D eigenvalue weighted by molar-refractivity contribution is -0.129. The van der Waals surface area contributed by atoms with Crippen molar-refractivity contribution in [3.8, 4) is 17.2 Å². The number of carbonyl (C=O) groups is 1. The van der Waals surface area contributed by atoms with Gasteiger partial charge in [-0.1, -0.05) is 0 Å². The van der Waals surface area contributed by atoms with Crippen molar-refractivity contribution < 1.29 is 18.7 Å². The number of anilines is 3. The van der Waals surface area contributed by atoms with Crippen molar-refractivity contribution in [2.75, 3.05) is 56.6 Å². The van der Waals surface area contributed by atoms with Gasteiger partial charge >= 0.3 is 0 Å². The van der Waals surface area contributed by atoms with Crippen LogP contribution in [-0.2, 0) is 4.79 Å². The summed E-state index contributed by atoms with van der Waals surface area (Å²) in [5.74, 6) is 3.01. The summed E-state index contributed by atoms with van der Waals surface area (Å²) < 4.78 is 28.7. The Morgan fingerprint density at radius 3 is 2.87 bits per heavy atom. The van der Waals surface area contributed by atoms with Gasteiger partial charge in [0.1, 0.15) is 36.3 Å². The van der Waals surface area contributed by atoms with E-state index >= 15 is 0 Å². The maximum atomic E-state index is 14.7. The van der Waals surface area contributed by atoms with E-state index in [0.717, 1.165) is 11.3 Å². The number of halogens is 1. The number of benzene rings is 1. The molecule has 2 saturated heterocycles. The maximum Gasteiger partial charge on any atom is 0.246 e. The molecule has 1 aromatic carbocycles. The summed E-state index contributed by atoms with van der Waals surface area (Å²) in [7, 11) is 1.85. The Bertz CT molecular complexity index is 2010. The maximum absolute atomic E-state index is 14.7. The van der Waals surface area contributed by atoms with E-state index < -0.39 is 5.67 Å². The number of amides is 1. The molecule has 0 saturated carbocycles. The molecule has 46 heavy (non-hydrogen) atoms. The number of aromatic nitrogens is 6. The lowest BCUT2D eigenvalue weighted by atomic mass is 9.96. The Morgan fingerprint density at radius 2 is 2.02 bits per heavy atom. The molecule has 1 amide bonds. The molecule has 14 heteroatoms. The fraction of sp³-hybridized carbons (Fsp3) is 0.312. The van der Waals surface area contributed by atoms with Crippen LogP contribution in [0.25, 0.3) is 16.7 Å². The first-order chi connectivity index (χ1) is 22.3. The van der Waals surface area contributed by atoms with E-state index in [0.29, 0.717) is 84.9 Å². The van der Waals surface area contributed by atoms with Crippen LogP contribution < -0.4 is 19.7 Å². The standard InChI is InChI=1S/C32H31FN10O3/c1-20-11-21(3-4-25(20)46-23-6-8-43-27(12-23)35-19-37-43)38-30-29-24(34-18-36-30)13-26-31(39-29)41-9-10-42(22(14-41)15-45-26)28(44)5-7-32(33)16-40(2)17-32/h3-8,11-13,18-19,22H,9-10,14-17H2,1-2H3,(H,34,36,38)/b7-5+. The van der Waals surface area contributed by atoms with Crippen LogP contribution in [0.4, 0.5) is 21.7 Å². The van der Waals surface area contributed by atoms with Gasteiger partial charge in [0.25, 0.3) is 0 Å². The smallest absolute Gasteiger partial charge is 0.246 e. The Balaban J connectivity index is 1.00. The largest absolute Gasteiger partial charge is 0.487 e. The molecule has 3 aliphatic rings. The van der Waals surface area contributed by atoms with Crippen LogP contribution in [0.3, 0.4) is 0 Å². The molecule has 4 aromatic heterocycles. The number of hydrogen-bond acceptors (Lipinski definition) is 11. The van der Waals surface area contributed by atoms with Gasteiger partial charge in [-0.3, -0.25) is 9.69 Å². The van der Waals surface area contributed by atoms with Crippen molar-refractivity contribution in [1.29, 1.82) is 0 Å². The van der Waals surface area contributed by atoms with Crippen molar-refractivity contribution in [3.05, 3.63) is 73.0 Å². The summed E-state index contributed by atoms with van der Waals surface area (Å²) in [4.78, 5) is 37.0. The van der Waals surface area contributed by atoms with Crippen LogP contribution in [0, 0.1) is 6.92 Å². The second-order valence-electron chi connectivity index (χ2n) is 12.0. The normalized spacial score (nSPS) is 19.1. The molecule has 8 rings (SSSR count). The minimum absolute atomic E-state index is 0.200. The first-order valence-electron chi connectivity index (χ1n) is 15.1. The minimum Gasteiger partial charge on any atom is -0.487 e. The highest BCUT2D eigenvalue weighted by Gasteiger charge is 2.40. The monoisotopic (exact) mass is 622 g/mol. The Labute approximate surface area is 263 Å². The summed E-state index contributed by atoms with van der Waals surface area (Å²) >= 11 is 0. The number of nitrogens with zero attached hydrogens (tertiary/aromatic N) is 9. The number of pyridine rings is 2. The number of hydrogen-bond donors (Lipinski definition) is 1. The summed E-state index contributed by atoms with van der Waals surface area (Å²) in [5.41, 5.74) is 2.23. The highest BCUT2D eigenvalue weighted by atomic mass is 19.1. The fourth-order valence-corrected chi connectivity index (χ4v) is 6.29. The number of piperazine rings is 1. The van der Waals surface area contributed by atoms with E-state index in [1.807, 2.05) is 55.3 Å². The van der Waals surface area contributed by atoms with Crippen LogP contribution in [0.2, 0.25) is 0 Å². The van der Waals surface area contributed by atoms with Gasteiger partial charge in [0, 0.05) is 62.8 Å². The third-order valence-corrected chi connectivity index (χ3v) is 8.56. The number of aryl methyl sites for hydroxylation is 1. The average molecular weight is 623 g/mol. The number of rotatable bonds is 6. The number of alkyl halides is 1. The zero-order valence-corrected chi connectivity index (χ0v) is 25.3. The third-order valence-electron chi connectivity index (χ3n) is 8.56. The average Bonchev–Trinajstić information content (AvgIpc) is 3.46. The molecule has 2 bridgehead atoms. The molecule has 5 aromatic rings. The van der Waals surface area contributed by atoms with Gasteiger partial charge in [-0.05, 0) is 49.9 Å². The van der Waals surface area contributed by atoms with Crippen molar-refractivity contribution in [2.24, 2.45) is 0 Å². The van der Waals surface area contributed by atoms with Crippen molar-refractivity contribution in [3.63, 3.8) is 0 Å². The number of ether oxygens (including phenoxy) is 2. The fourth-order valence-electron chi connectivity index (χ4n) is 6.29. The second kappa shape index (κ2) is 10.9. The van der Waals surface area contributed by atoms with Crippen LogP contribution in [0.5, 0.6) is 17.2 Å². The first-order valence-corrected chi connectivity index (χ1v) is 15.1. The lowest BCUT2D eigenvalue weighted by Gasteiger charge is -2.41. The SMILES string of the molecule is Cc1cc(Nc2ncnc3cc4c(nc23)N2CCN(C(=O)/C=C/C3(F)CN(C)C3)C(CO4)C2)ccc1Oc1ccn2ncnc2c1. The van der Waals surface area contributed by atoms with Crippen LogP contribution >= 0.6 is 0 Å². The van der Waals surface area contributed by atoms with Gasteiger partial charge in [0.15, 0.2) is 28.7 Å². The number of nitrogens with one attached hydrogen (secondary N) is 1. The van der Waals surface area contributed by atoms with E-state index in [9.17, 15) is 9.18 Å². The van der Waals surface area contributed by atoms with Gasteiger partial charge in [-0.2, -0.15) is 5.10 Å². The molecule has 1 atom stereocenters. The molecule has 234 valence electrons. The molecule has 1 N–H and O–H groups in total. The third kappa shape index (κ3) is 5.19. The number of likely N-dealkylation sites (tertiary alicyclic amines) is 1. The molecule has 3 aliphatic heterocycles. The van der Waals surface area contributed by atoms with Crippen LogP contribution in [0.15, 0.2) is 67.4 Å². The molecular formula is C32H31FN10O3. The van der Waals surface area contributed by atoms with Crippen molar-refractivity contribution in [2.45, 2.75) is 18.6 Å². The van der Waals surface area contributed by atoms with E-state index in [1.54, 1.807) is 15.6 Å². The predicted octanol–water partition coefficient (Wildman–Crippen LogP) is 3.53. The molecule has 0 aliphatic carbocycles. The zero-order valence-electron chi connectivity index (χ0n) is 25.3. The highest BCUT2D eigenvalue weighted by Crippen LogP contribution is 2.36. The molecule has 2 fully saturated rings. The van der Waals surface area contributed by atoms with Crippen LogP contribution in [-0.4, -0.2) is 103 Å². The second-order valence-corrected chi connectivity index (χ2v) is 12.0. The van der Waals surface area contributed by atoms with Crippen LogP contribution in [0.1, 0.15) is 5.56 Å². The molecular weight excluding hydrogens is 591 g/mol. The predicted molar refractivity (Wildman–Crippen MR) is 169 cm³/mol. The van der Waals surface area contributed by atoms with Gasteiger partial charge in [-0.15, -0.1) is 0 Å². The van der Waals surface area contributed by atoms with Gasteiger partial charge < -0.3 is 24.6 Å². The molecule has 13 nitrogen and oxygen atoms in total. The summed E-state index contributed by atoms with van der Waals surface area (Å²) in [6.07, 6.45) is 7.56. The topological polar surface area (TPSA) is 126 Å². The van der Waals surface area contributed by atoms with Gasteiger partial charge in [0.05, 0.1) is 11.6 Å². The van der Waals surface area contributed by atoms with E-state index in [1.165, 1.54) is 24.8 Å². The van der Waals surface area contributed by atoms with E-state index in [-0.39, 0.29) is 11.9 Å². The Hall–Kier alpha value is -5.37. The zero-order chi connectivity index (χ0) is 31.4. The lowest BCUT2D eigenvalue weighted by Crippen LogP contribution is -2.57. The highest BCUT2D eigenvalue weighted by molar-refractivity contribution is 5.91. The van der Waals surface area contributed by atoms with Gasteiger partial charge in [0.2, 0.25) is 5.91 Å². The molecule has 1 unspecified atom stereocenters. The molecule has 7 heterocycles. The minimum atomic E-state index is -1.44. The Kier molecular flexibility index (Phi) is 6.67. The molecule has 0 spiro atoms. The summed E-state index contributed by atoms with van der Waals surface area (Å²) in [6, 6.07) is 11.1. The summed E-state index contributed by atoms with van der Waals surface area (Å²) in [6.45, 7) is 4.47. The molecule has 0 radical (unpaired) electrons. The van der Waals surface area contributed by atoms with E-state index in [2.05, 4.69) is 30.3 Å². The van der Waals surface area contributed by atoms with Crippen molar-refractivity contribution >= 4 is 39.9 Å². The number of fused-ring (bicyclic) bond motifs is 6. The summed E-state index contributed by atoms with van der Waals surface area (Å²) in [5, 5.41) is 7.51. The van der Waals surface area contributed by atoms with E-state index in [4.69, 9.17) is 14.5 Å². The Morgan fingerprint density at radius 1 is 1.13 bits per heavy atom. The van der Waals surface area contributed by atoms with Crippen molar-refractivity contribution in [1.82, 2.24) is 39.3 Å².